The van der Waals surface area contributed by atoms with Gasteiger partial charge in [0.25, 0.3) is 0 Å². The zero-order valence-corrected chi connectivity index (χ0v) is 7.17. The second-order valence-electron chi connectivity index (χ2n) is 2.80. The summed E-state index contributed by atoms with van der Waals surface area (Å²) in [7, 11) is 0. The molecule has 0 saturated carbocycles. The normalized spacial score (nSPS) is 15.1. The first-order chi connectivity index (χ1) is 6.77. The van der Waals surface area contributed by atoms with Crippen molar-refractivity contribution >= 4 is 0 Å². The molecule has 0 fully saturated rings. The first-order valence-corrected chi connectivity index (χ1v) is 3.79. The SMILES string of the molecule is O[C@@H](c1ccncc1)C(F)(F)C(F)(F)F. The standard InChI is InChI=1S/C8H6F5NO/c9-7(10,8(11,12)13)6(15)5-1-3-14-4-2-5/h1-4,6,15H/t6-/m0/s1. The van der Waals surface area contributed by atoms with Crippen molar-refractivity contribution in [2.24, 2.45) is 0 Å². The lowest BCUT2D eigenvalue weighted by Gasteiger charge is -2.24. The fourth-order valence-electron chi connectivity index (χ4n) is 0.910. The van der Waals surface area contributed by atoms with Crippen LogP contribution in [-0.4, -0.2) is 22.2 Å². The molecule has 0 aliphatic carbocycles. The zero-order chi connectivity index (χ0) is 11.7. The molecule has 0 bridgehead atoms. The molecule has 1 aromatic rings. The van der Waals surface area contributed by atoms with Crippen molar-refractivity contribution in [2.45, 2.75) is 18.2 Å². The number of aromatic nitrogens is 1. The van der Waals surface area contributed by atoms with E-state index in [4.69, 9.17) is 5.11 Å². The molecule has 1 rings (SSSR count). The van der Waals surface area contributed by atoms with Gasteiger partial charge in [-0.2, -0.15) is 22.0 Å². The van der Waals surface area contributed by atoms with Crippen LogP contribution < -0.4 is 0 Å². The Hall–Kier alpha value is -1.24. The van der Waals surface area contributed by atoms with Crippen LogP contribution >= 0.6 is 0 Å². The third kappa shape index (κ3) is 2.23. The minimum atomic E-state index is -5.78. The predicted octanol–water partition coefficient (Wildman–Crippen LogP) is 2.31. The van der Waals surface area contributed by atoms with Crippen LogP contribution in [0.25, 0.3) is 0 Å². The lowest BCUT2D eigenvalue weighted by Crippen LogP contribution is -2.42. The van der Waals surface area contributed by atoms with Crippen molar-refractivity contribution in [3.8, 4) is 0 Å². The number of halogens is 5. The van der Waals surface area contributed by atoms with Crippen molar-refractivity contribution in [1.29, 1.82) is 0 Å². The number of aliphatic hydroxyl groups is 1. The largest absolute Gasteiger partial charge is 0.456 e. The summed E-state index contributed by atoms with van der Waals surface area (Å²) in [4.78, 5) is 3.43. The quantitative estimate of drug-likeness (QED) is 0.786. The first kappa shape index (κ1) is 11.8. The van der Waals surface area contributed by atoms with Crippen LogP contribution in [-0.2, 0) is 0 Å². The van der Waals surface area contributed by atoms with Crippen LogP contribution in [0.15, 0.2) is 24.5 Å². The molecule has 1 aromatic heterocycles. The Bertz CT molecular complexity index is 324. The van der Waals surface area contributed by atoms with E-state index >= 15 is 0 Å². The monoisotopic (exact) mass is 227 g/mol. The van der Waals surface area contributed by atoms with Gasteiger partial charge in [-0.1, -0.05) is 0 Å². The molecule has 84 valence electrons. The molecular formula is C8H6F5NO. The predicted molar refractivity (Wildman–Crippen MR) is 40.2 cm³/mol. The second-order valence-corrected chi connectivity index (χ2v) is 2.80. The van der Waals surface area contributed by atoms with Crippen molar-refractivity contribution in [3.05, 3.63) is 30.1 Å². The molecular weight excluding hydrogens is 221 g/mol. The number of alkyl halides is 5. The Balaban J connectivity index is 3.00. The lowest BCUT2D eigenvalue weighted by molar-refractivity contribution is -0.315. The molecule has 0 saturated heterocycles. The molecule has 15 heavy (non-hydrogen) atoms. The minimum Gasteiger partial charge on any atom is -0.382 e. The Kier molecular flexibility index (Phi) is 2.94. The van der Waals surface area contributed by atoms with Gasteiger partial charge in [-0.15, -0.1) is 0 Å². The second kappa shape index (κ2) is 3.73. The van der Waals surface area contributed by atoms with Crippen molar-refractivity contribution in [3.63, 3.8) is 0 Å². The van der Waals surface area contributed by atoms with E-state index in [0.29, 0.717) is 0 Å². The fraction of sp³-hybridized carbons (Fsp3) is 0.375. The average molecular weight is 227 g/mol. The Morgan fingerprint density at radius 2 is 1.53 bits per heavy atom. The summed E-state index contributed by atoms with van der Waals surface area (Å²) in [5.74, 6) is -5.17. The molecule has 0 aliphatic rings. The topological polar surface area (TPSA) is 33.1 Å². The molecule has 0 aromatic carbocycles. The minimum absolute atomic E-state index is 0.535. The van der Waals surface area contributed by atoms with Crippen LogP contribution in [0.4, 0.5) is 22.0 Å². The number of nitrogens with zero attached hydrogens (tertiary/aromatic N) is 1. The molecule has 1 atom stereocenters. The number of hydrogen-bond donors (Lipinski definition) is 1. The summed E-state index contributed by atoms with van der Waals surface area (Å²) in [6, 6.07) is 1.79. The van der Waals surface area contributed by atoms with Gasteiger partial charge in [0.05, 0.1) is 0 Å². The van der Waals surface area contributed by atoms with Gasteiger partial charge in [-0.05, 0) is 17.7 Å². The number of hydrogen-bond acceptors (Lipinski definition) is 2. The number of rotatable bonds is 2. The fourth-order valence-corrected chi connectivity index (χ4v) is 0.910. The van der Waals surface area contributed by atoms with Crippen molar-refractivity contribution in [2.75, 3.05) is 0 Å². The van der Waals surface area contributed by atoms with Gasteiger partial charge in [0.1, 0.15) is 0 Å². The van der Waals surface area contributed by atoms with E-state index in [0.717, 1.165) is 24.5 Å². The van der Waals surface area contributed by atoms with E-state index in [1.54, 1.807) is 0 Å². The molecule has 2 nitrogen and oxygen atoms in total. The van der Waals surface area contributed by atoms with Gasteiger partial charge < -0.3 is 5.11 Å². The number of aliphatic hydroxyl groups excluding tert-OH is 1. The highest BCUT2D eigenvalue weighted by molar-refractivity contribution is 5.16. The molecule has 0 spiro atoms. The van der Waals surface area contributed by atoms with E-state index in [2.05, 4.69) is 4.98 Å². The van der Waals surface area contributed by atoms with Crippen LogP contribution in [0, 0.1) is 0 Å². The van der Waals surface area contributed by atoms with Gasteiger partial charge in [-0.25, -0.2) is 0 Å². The third-order valence-electron chi connectivity index (χ3n) is 1.74. The van der Waals surface area contributed by atoms with Crippen LogP contribution in [0.2, 0.25) is 0 Å². The summed E-state index contributed by atoms with van der Waals surface area (Å²) in [5.41, 5.74) is -0.535. The Labute approximate surface area is 81.4 Å². The summed E-state index contributed by atoms with van der Waals surface area (Å²) in [6.45, 7) is 0. The van der Waals surface area contributed by atoms with Gasteiger partial charge in [-0.3, -0.25) is 4.98 Å². The Morgan fingerprint density at radius 3 is 1.93 bits per heavy atom. The van der Waals surface area contributed by atoms with Crippen LogP contribution in [0.5, 0.6) is 0 Å². The molecule has 1 heterocycles. The smallest absolute Gasteiger partial charge is 0.382 e. The highest BCUT2D eigenvalue weighted by Gasteiger charge is 2.62. The highest BCUT2D eigenvalue weighted by atomic mass is 19.4. The maximum Gasteiger partial charge on any atom is 0.456 e. The van der Waals surface area contributed by atoms with Gasteiger partial charge in [0.2, 0.25) is 0 Å². The Morgan fingerprint density at radius 1 is 1.07 bits per heavy atom. The molecule has 0 radical (unpaired) electrons. The molecule has 1 N–H and O–H groups in total. The van der Waals surface area contributed by atoms with E-state index in [-0.39, 0.29) is 0 Å². The first-order valence-electron chi connectivity index (χ1n) is 3.79. The summed E-state index contributed by atoms with van der Waals surface area (Å²) >= 11 is 0. The van der Waals surface area contributed by atoms with Crippen LogP contribution in [0.1, 0.15) is 11.7 Å². The van der Waals surface area contributed by atoms with E-state index in [1.165, 1.54) is 0 Å². The van der Waals surface area contributed by atoms with Crippen molar-refractivity contribution < 1.29 is 27.1 Å². The summed E-state index contributed by atoms with van der Waals surface area (Å²) in [6.07, 6.45) is -6.66. The van der Waals surface area contributed by atoms with E-state index < -0.39 is 23.8 Å². The van der Waals surface area contributed by atoms with Gasteiger partial charge >= 0.3 is 12.1 Å². The molecule has 0 unspecified atom stereocenters. The lowest BCUT2D eigenvalue weighted by atomic mass is 10.0. The highest BCUT2D eigenvalue weighted by Crippen LogP contribution is 2.44. The average Bonchev–Trinajstić information content (AvgIpc) is 2.16. The molecule has 0 aliphatic heterocycles. The summed E-state index contributed by atoms with van der Waals surface area (Å²) in [5, 5.41) is 8.89. The van der Waals surface area contributed by atoms with Gasteiger partial charge in [0, 0.05) is 12.4 Å². The third-order valence-corrected chi connectivity index (χ3v) is 1.74. The maximum atomic E-state index is 12.6. The summed E-state index contributed by atoms with van der Waals surface area (Å²) < 4.78 is 60.8. The maximum absolute atomic E-state index is 12.6. The zero-order valence-electron chi connectivity index (χ0n) is 7.17. The van der Waals surface area contributed by atoms with E-state index in [9.17, 15) is 22.0 Å². The van der Waals surface area contributed by atoms with Crippen LogP contribution in [0.3, 0.4) is 0 Å². The van der Waals surface area contributed by atoms with Gasteiger partial charge in [0.15, 0.2) is 6.10 Å². The van der Waals surface area contributed by atoms with Crippen molar-refractivity contribution in [1.82, 2.24) is 4.98 Å². The number of pyridine rings is 1. The molecule has 0 amide bonds. The molecule has 7 heteroatoms. The van der Waals surface area contributed by atoms with E-state index in [1.807, 2.05) is 0 Å².